The lowest BCUT2D eigenvalue weighted by atomic mass is 10.0. The fraction of sp³-hybridized carbons (Fsp3) is 0.111. The van der Waals surface area contributed by atoms with Crippen LogP contribution in [0.3, 0.4) is 0 Å². The zero-order valence-corrected chi connectivity index (χ0v) is 15.9. The Morgan fingerprint density at radius 3 is 2.41 bits per heavy atom. The number of nitro benzene ring substituents is 1. The topological polar surface area (TPSA) is 79.0 Å². The van der Waals surface area contributed by atoms with Crippen molar-refractivity contribution in [1.29, 1.82) is 0 Å². The van der Waals surface area contributed by atoms with Gasteiger partial charge in [-0.25, -0.2) is 0 Å². The van der Waals surface area contributed by atoms with Crippen molar-refractivity contribution in [2.24, 2.45) is 5.10 Å². The molecule has 9 heteroatoms. The Labute approximate surface area is 165 Å². The van der Waals surface area contributed by atoms with Gasteiger partial charge in [0.15, 0.2) is 0 Å². The van der Waals surface area contributed by atoms with Gasteiger partial charge >= 0.3 is 0 Å². The Hall–Kier alpha value is -2.90. The van der Waals surface area contributed by atoms with Crippen molar-refractivity contribution in [1.82, 2.24) is 4.90 Å². The average Bonchev–Trinajstić information content (AvgIpc) is 2.92. The van der Waals surface area contributed by atoms with Gasteiger partial charge in [-0.1, -0.05) is 41.4 Å². The number of amides is 1. The van der Waals surface area contributed by atoms with Crippen LogP contribution in [0.2, 0.25) is 10.0 Å². The normalized spacial score (nSPS) is 15.3. The SMILES string of the molecule is CN(C)/C=C1\C(=O)N(c2ccccc2)N=C1c1cc([N+](=O)[O-])c(Cl)cc1Cl. The van der Waals surface area contributed by atoms with Crippen LogP contribution in [0.4, 0.5) is 11.4 Å². The highest BCUT2D eigenvalue weighted by Crippen LogP contribution is 2.35. The van der Waals surface area contributed by atoms with Gasteiger partial charge in [0.1, 0.15) is 10.7 Å². The van der Waals surface area contributed by atoms with Crippen LogP contribution < -0.4 is 5.01 Å². The standard InChI is InChI=1S/C18H14Cl2N4O3/c1-22(2)10-13-17(12-8-16(24(26)27)15(20)9-14(12)19)21-23(18(13)25)11-6-4-3-5-7-11/h3-10H,1-2H3/b13-10-. The number of rotatable bonds is 4. The van der Waals surface area contributed by atoms with Gasteiger partial charge in [0.2, 0.25) is 0 Å². The summed E-state index contributed by atoms with van der Waals surface area (Å²) in [6.45, 7) is 0. The summed E-state index contributed by atoms with van der Waals surface area (Å²) in [7, 11) is 3.52. The molecule has 1 aliphatic heterocycles. The van der Waals surface area contributed by atoms with Gasteiger partial charge < -0.3 is 4.90 Å². The smallest absolute Gasteiger partial charge is 0.288 e. The van der Waals surface area contributed by atoms with E-state index in [1.807, 2.05) is 6.07 Å². The molecule has 0 N–H and O–H groups in total. The van der Waals surface area contributed by atoms with Crippen LogP contribution in [0.15, 0.2) is 59.3 Å². The van der Waals surface area contributed by atoms with E-state index in [0.717, 1.165) is 0 Å². The fourth-order valence-electron chi connectivity index (χ4n) is 2.59. The van der Waals surface area contributed by atoms with Gasteiger partial charge in [-0.15, -0.1) is 0 Å². The molecular weight excluding hydrogens is 391 g/mol. The minimum Gasteiger partial charge on any atom is -0.383 e. The summed E-state index contributed by atoms with van der Waals surface area (Å²) in [6.07, 6.45) is 1.60. The van der Waals surface area contributed by atoms with Crippen LogP contribution in [-0.2, 0) is 4.79 Å². The molecule has 0 bridgehead atoms. The number of benzene rings is 2. The lowest BCUT2D eigenvalue weighted by Crippen LogP contribution is -2.22. The van der Waals surface area contributed by atoms with E-state index in [9.17, 15) is 14.9 Å². The fourth-order valence-corrected chi connectivity index (χ4v) is 3.13. The number of nitrogens with zero attached hydrogens (tertiary/aromatic N) is 4. The van der Waals surface area contributed by atoms with E-state index in [-0.39, 0.29) is 38.5 Å². The molecular formula is C18H14Cl2N4O3. The van der Waals surface area contributed by atoms with Crippen LogP contribution >= 0.6 is 23.2 Å². The Balaban J connectivity index is 2.20. The number of para-hydroxylation sites is 1. The summed E-state index contributed by atoms with van der Waals surface area (Å²) in [5, 5.41) is 17.0. The third kappa shape index (κ3) is 3.65. The number of anilines is 1. The first-order valence-corrected chi connectivity index (χ1v) is 8.55. The molecule has 1 heterocycles. The third-order valence-electron chi connectivity index (χ3n) is 3.75. The van der Waals surface area contributed by atoms with Crippen LogP contribution in [0, 0.1) is 10.1 Å². The number of halogens is 2. The summed E-state index contributed by atoms with van der Waals surface area (Å²) in [5.41, 5.74) is 1.02. The maximum atomic E-state index is 12.9. The number of nitro groups is 1. The van der Waals surface area contributed by atoms with Crippen molar-refractivity contribution in [2.45, 2.75) is 0 Å². The molecule has 1 aliphatic rings. The monoisotopic (exact) mass is 404 g/mol. The van der Waals surface area contributed by atoms with Crippen LogP contribution in [0.25, 0.3) is 0 Å². The van der Waals surface area contributed by atoms with E-state index in [1.165, 1.54) is 17.1 Å². The van der Waals surface area contributed by atoms with Crippen molar-refractivity contribution < 1.29 is 9.72 Å². The van der Waals surface area contributed by atoms with E-state index in [2.05, 4.69) is 5.10 Å². The van der Waals surface area contributed by atoms with Crippen LogP contribution in [0.5, 0.6) is 0 Å². The second-order valence-electron chi connectivity index (χ2n) is 5.95. The van der Waals surface area contributed by atoms with Crippen molar-refractivity contribution in [3.8, 4) is 0 Å². The van der Waals surface area contributed by atoms with Crippen molar-refractivity contribution in [2.75, 3.05) is 19.1 Å². The van der Waals surface area contributed by atoms with Gasteiger partial charge in [-0.3, -0.25) is 14.9 Å². The Kier molecular flexibility index (Phi) is 5.16. The van der Waals surface area contributed by atoms with Crippen molar-refractivity contribution in [3.63, 3.8) is 0 Å². The summed E-state index contributed by atoms with van der Waals surface area (Å²) in [6, 6.07) is 11.4. The van der Waals surface area contributed by atoms with Gasteiger partial charge in [0, 0.05) is 31.9 Å². The highest BCUT2D eigenvalue weighted by atomic mass is 35.5. The van der Waals surface area contributed by atoms with E-state index in [0.29, 0.717) is 5.69 Å². The Morgan fingerprint density at radius 1 is 1.15 bits per heavy atom. The molecule has 2 aromatic carbocycles. The number of carbonyl (C=O) groups is 1. The number of hydrogen-bond acceptors (Lipinski definition) is 5. The molecule has 138 valence electrons. The van der Waals surface area contributed by atoms with Crippen LogP contribution in [0.1, 0.15) is 5.56 Å². The zero-order valence-electron chi connectivity index (χ0n) is 14.4. The molecule has 0 aliphatic carbocycles. The molecule has 0 unspecified atom stereocenters. The summed E-state index contributed by atoms with van der Waals surface area (Å²) < 4.78 is 0. The quantitative estimate of drug-likeness (QED) is 0.436. The first kappa shape index (κ1) is 18.9. The molecule has 0 saturated carbocycles. The Morgan fingerprint density at radius 2 is 1.81 bits per heavy atom. The molecule has 0 radical (unpaired) electrons. The molecule has 27 heavy (non-hydrogen) atoms. The summed E-state index contributed by atoms with van der Waals surface area (Å²) in [5.74, 6) is -0.362. The second-order valence-corrected chi connectivity index (χ2v) is 6.76. The predicted molar refractivity (Wildman–Crippen MR) is 105 cm³/mol. The molecule has 0 atom stereocenters. The minimum atomic E-state index is -0.607. The van der Waals surface area contributed by atoms with Gasteiger partial charge in [-0.05, 0) is 18.2 Å². The largest absolute Gasteiger partial charge is 0.383 e. The van der Waals surface area contributed by atoms with E-state index < -0.39 is 4.92 Å². The molecule has 2 aromatic rings. The minimum absolute atomic E-state index is 0.0864. The lowest BCUT2D eigenvalue weighted by molar-refractivity contribution is -0.384. The number of hydrogen-bond donors (Lipinski definition) is 0. The molecule has 1 amide bonds. The average molecular weight is 405 g/mol. The first-order valence-electron chi connectivity index (χ1n) is 7.80. The second kappa shape index (κ2) is 7.38. The number of carbonyl (C=O) groups excluding carboxylic acids is 1. The summed E-state index contributed by atoms with van der Waals surface area (Å²) >= 11 is 12.2. The van der Waals surface area contributed by atoms with Gasteiger partial charge in [-0.2, -0.15) is 10.1 Å². The van der Waals surface area contributed by atoms with Crippen LogP contribution in [-0.4, -0.2) is 35.5 Å². The molecule has 3 rings (SSSR count). The first-order chi connectivity index (χ1) is 12.8. The maximum Gasteiger partial charge on any atom is 0.288 e. The van der Waals surface area contributed by atoms with Gasteiger partial charge in [0.05, 0.1) is 21.2 Å². The lowest BCUT2D eigenvalue weighted by Gasteiger charge is -2.12. The Bertz CT molecular complexity index is 988. The van der Waals surface area contributed by atoms with E-state index in [1.54, 1.807) is 49.5 Å². The third-order valence-corrected chi connectivity index (χ3v) is 4.37. The van der Waals surface area contributed by atoms with Gasteiger partial charge in [0.25, 0.3) is 11.6 Å². The van der Waals surface area contributed by atoms with E-state index in [4.69, 9.17) is 23.2 Å². The van der Waals surface area contributed by atoms with Crippen molar-refractivity contribution >= 4 is 46.2 Å². The number of hydrazone groups is 1. The highest BCUT2D eigenvalue weighted by molar-refractivity contribution is 6.42. The zero-order chi connectivity index (χ0) is 19.7. The molecule has 7 nitrogen and oxygen atoms in total. The molecule has 0 fully saturated rings. The highest BCUT2D eigenvalue weighted by Gasteiger charge is 2.34. The van der Waals surface area contributed by atoms with Crippen molar-refractivity contribution in [3.05, 3.63) is 80.0 Å². The maximum absolute atomic E-state index is 12.9. The summed E-state index contributed by atoms with van der Waals surface area (Å²) in [4.78, 5) is 25.3. The molecule has 0 saturated heterocycles. The predicted octanol–water partition coefficient (Wildman–Crippen LogP) is 4.10. The molecule has 0 aromatic heterocycles. The molecule has 0 spiro atoms. The van der Waals surface area contributed by atoms with E-state index >= 15 is 0 Å².